The Morgan fingerprint density at radius 2 is 1.73 bits per heavy atom. The van der Waals surface area contributed by atoms with Crippen LogP contribution >= 0.6 is 11.3 Å². The summed E-state index contributed by atoms with van der Waals surface area (Å²) in [5.41, 5.74) is 1.01. The predicted molar refractivity (Wildman–Crippen MR) is 84.5 cm³/mol. The van der Waals surface area contributed by atoms with Crippen LogP contribution in [0.4, 0.5) is 5.13 Å². The first-order valence-electron chi connectivity index (χ1n) is 6.93. The van der Waals surface area contributed by atoms with Gasteiger partial charge in [0.05, 0.1) is 23.4 Å². The van der Waals surface area contributed by atoms with Gasteiger partial charge in [-0.15, -0.1) is 11.3 Å². The molecule has 2 heterocycles. The minimum Gasteiger partial charge on any atom is -0.395 e. The predicted octanol–water partition coefficient (Wildman–Crippen LogP) is 2.52. The van der Waals surface area contributed by atoms with Crippen LogP contribution in [-0.4, -0.2) is 28.5 Å². The van der Waals surface area contributed by atoms with Gasteiger partial charge in [0.2, 0.25) is 0 Å². The topological polar surface area (TPSA) is 70.5 Å². The zero-order chi connectivity index (χ0) is 16.1. The molecule has 1 aromatic carbocycles. The van der Waals surface area contributed by atoms with E-state index in [1.807, 2.05) is 20.8 Å². The summed E-state index contributed by atoms with van der Waals surface area (Å²) < 4.78 is 0. The van der Waals surface area contributed by atoms with Crippen LogP contribution < -0.4 is 4.90 Å². The molecule has 0 unspecified atom stereocenters. The van der Waals surface area contributed by atoms with Crippen molar-refractivity contribution in [2.75, 3.05) is 11.5 Å². The molecule has 3 rings (SSSR count). The monoisotopic (exact) mass is 316 g/mol. The summed E-state index contributed by atoms with van der Waals surface area (Å²) in [5, 5.41) is 9.87. The molecule has 5 nitrogen and oxygen atoms in total. The van der Waals surface area contributed by atoms with E-state index in [0.29, 0.717) is 22.0 Å². The second-order valence-corrected chi connectivity index (χ2v) is 7.12. The number of hydrogen-bond donors (Lipinski definition) is 1. The summed E-state index contributed by atoms with van der Waals surface area (Å²) in [6.45, 7) is 5.58. The molecule has 6 heteroatoms. The average Bonchev–Trinajstić information content (AvgIpc) is 2.99. The van der Waals surface area contributed by atoms with Crippen molar-refractivity contribution < 1.29 is 14.7 Å². The molecule has 0 saturated carbocycles. The van der Waals surface area contributed by atoms with Gasteiger partial charge in [0.1, 0.15) is 0 Å². The van der Waals surface area contributed by atoms with E-state index >= 15 is 0 Å². The molecule has 1 N–H and O–H groups in total. The highest BCUT2D eigenvalue weighted by atomic mass is 32.1. The maximum Gasteiger partial charge on any atom is 0.268 e. The van der Waals surface area contributed by atoms with Crippen molar-refractivity contribution in [2.45, 2.75) is 26.2 Å². The van der Waals surface area contributed by atoms with Crippen LogP contribution in [0.15, 0.2) is 24.3 Å². The zero-order valence-corrected chi connectivity index (χ0v) is 13.4. The normalized spacial score (nSPS) is 14.6. The molecule has 1 aliphatic rings. The Balaban J connectivity index is 2.06. The number of amides is 2. The number of benzene rings is 1. The Kier molecular flexibility index (Phi) is 3.38. The molecule has 1 aliphatic heterocycles. The molecule has 22 heavy (non-hydrogen) atoms. The highest BCUT2D eigenvalue weighted by Crippen LogP contribution is 2.36. The van der Waals surface area contributed by atoms with Crippen molar-refractivity contribution in [1.29, 1.82) is 0 Å². The van der Waals surface area contributed by atoms with E-state index in [4.69, 9.17) is 0 Å². The van der Waals surface area contributed by atoms with Gasteiger partial charge in [0, 0.05) is 10.3 Å². The number of aryl methyl sites for hydroxylation is 1. The van der Waals surface area contributed by atoms with Crippen molar-refractivity contribution >= 4 is 28.3 Å². The number of imide groups is 1. The third-order valence-corrected chi connectivity index (χ3v) is 4.76. The zero-order valence-electron chi connectivity index (χ0n) is 12.6. The van der Waals surface area contributed by atoms with Crippen LogP contribution in [0, 0.1) is 6.92 Å². The van der Waals surface area contributed by atoms with E-state index in [9.17, 15) is 14.7 Å². The van der Waals surface area contributed by atoms with Gasteiger partial charge in [-0.2, -0.15) is 0 Å². The summed E-state index contributed by atoms with van der Waals surface area (Å²) in [5.74, 6) is -0.689. The number of carbonyl (C=O) groups is 2. The van der Waals surface area contributed by atoms with Crippen LogP contribution in [0.5, 0.6) is 0 Å². The lowest BCUT2D eigenvalue weighted by atomic mass is 9.90. The first-order valence-corrected chi connectivity index (χ1v) is 7.75. The van der Waals surface area contributed by atoms with Crippen LogP contribution in [0.3, 0.4) is 0 Å². The van der Waals surface area contributed by atoms with Gasteiger partial charge in [0.25, 0.3) is 11.8 Å². The van der Waals surface area contributed by atoms with Gasteiger partial charge >= 0.3 is 0 Å². The molecule has 0 bridgehead atoms. The number of nitrogens with zero attached hydrogens (tertiary/aromatic N) is 2. The Hall–Kier alpha value is -2.05. The fraction of sp³-hybridized carbons (Fsp3) is 0.312. The standard InChI is InChI=1S/C16H16N2O3S/c1-9-12(16(2,3)8-19)17-15(22-9)18-13(20)10-6-4-5-7-11(10)14(18)21/h4-7,19H,8H2,1-3H3. The smallest absolute Gasteiger partial charge is 0.268 e. The van der Waals surface area contributed by atoms with E-state index in [1.54, 1.807) is 24.3 Å². The van der Waals surface area contributed by atoms with Crippen molar-refractivity contribution in [3.63, 3.8) is 0 Å². The number of thiazole rings is 1. The fourth-order valence-corrected chi connectivity index (χ4v) is 3.63. The minimum absolute atomic E-state index is 0.0564. The lowest BCUT2D eigenvalue weighted by Gasteiger charge is -2.20. The van der Waals surface area contributed by atoms with Crippen LogP contribution in [0.2, 0.25) is 0 Å². The summed E-state index contributed by atoms with van der Waals surface area (Å²) in [6.07, 6.45) is 0. The summed E-state index contributed by atoms with van der Waals surface area (Å²) >= 11 is 1.29. The first kappa shape index (κ1) is 14.9. The second kappa shape index (κ2) is 5.00. The third-order valence-electron chi connectivity index (χ3n) is 3.81. The molecule has 0 spiro atoms. The molecular formula is C16H16N2O3S. The summed E-state index contributed by atoms with van der Waals surface area (Å²) in [7, 11) is 0. The number of rotatable bonds is 3. The van der Waals surface area contributed by atoms with Crippen molar-refractivity contribution in [2.24, 2.45) is 0 Å². The highest BCUT2D eigenvalue weighted by Gasteiger charge is 2.39. The van der Waals surface area contributed by atoms with E-state index in [1.165, 1.54) is 11.3 Å². The van der Waals surface area contributed by atoms with Gasteiger partial charge in [-0.1, -0.05) is 26.0 Å². The Morgan fingerprint density at radius 3 is 2.23 bits per heavy atom. The van der Waals surface area contributed by atoms with Gasteiger partial charge < -0.3 is 5.11 Å². The second-order valence-electron chi connectivity index (χ2n) is 5.93. The molecule has 0 atom stereocenters. The Morgan fingerprint density at radius 1 is 1.18 bits per heavy atom. The Labute approximate surface area is 132 Å². The largest absolute Gasteiger partial charge is 0.395 e. The number of hydrogen-bond acceptors (Lipinski definition) is 5. The van der Waals surface area contributed by atoms with E-state index in [0.717, 1.165) is 9.78 Å². The number of fused-ring (bicyclic) bond motifs is 1. The van der Waals surface area contributed by atoms with Crippen LogP contribution in [0.25, 0.3) is 0 Å². The highest BCUT2D eigenvalue weighted by molar-refractivity contribution is 7.16. The molecule has 0 saturated heterocycles. The van der Waals surface area contributed by atoms with Gasteiger partial charge in [-0.25, -0.2) is 9.88 Å². The van der Waals surface area contributed by atoms with Gasteiger partial charge in [-0.3, -0.25) is 9.59 Å². The molecule has 0 radical (unpaired) electrons. The number of aromatic nitrogens is 1. The molecule has 0 fully saturated rings. The average molecular weight is 316 g/mol. The number of anilines is 1. The molecule has 0 aliphatic carbocycles. The quantitative estimate of drug-likeness (QED) is 0.883. The molecule has 2 amide bonds. The molecule has 1 aromatic heterocycles. The maximum absolute atomic E-state index is 12.5. The SMILES string of the molecule is Cc1sc(N2C(=O)c3ccccc3C2=O)nc1C(C)(C)CO. The first-order chi connectivity index (χ1) is 10.4. The minimum atomic E-state index is -0.516. The lowest BCUT2D eigenvalue weighted by molar-refractivity contribution is 0.0926. The Bertz CT molecular complexity index is 744. The van der Waals surface area contributed by atoms with Crippen molar-refractivity contribution in [3.05, 3.63) is 46.0 Å². The van der Waals surface area contributed by atoms with E-state index in [-0.39, 0.29) is 18.4 Å². The van der Waals surface area contributed by atoms with E-state index < -0.39 is 5.41 Å². The number of aliphatic hydroxyl groups is 1. The summed E-state index contributed by atoms with van der Waals surface area (Å²) in [6, 6.07) is 6.77. The van der Waals surface area contributed by atoms with Crippen molar-refractivity contribution in [3.8, 4) is 0 Å². The molecule has 114 valence electrons. The van der Waals surface area contributed by atoms with E-state index in [2.05, 4.69) is 4.98 Å². The van der Waals surface area contributed by atoms with Gasteiger partial charge in [-0.05, 0) is 19.1 Å². The van der Waals surface area contributed by atoms with Gasteiger partial charge in [0.15, 0.2) is 5.13 Å². The van der Waals surface area contributed by atoms with Crippen LogP contribution in [0.1, 0.15) is 45.1 Å². The van der Waals surface area contributed by atoms with Crippen LogP contribution in [-0.2, 0) is 5.41 Å². The van der Waals surface area contributed by atoms with Crippen molar-refractivity contribution in [1.82, 2.24) is 4.98 Å². The molecule has 2 aromatic rings. The fourth-order valence-electron chi connectivity index (χ4n) is 2.54. The number of aliphatic hydroxyl groups excluding tert-OH is 1. The summed E-state index contributed by atoms with van der Waals surface area (Å²) in [4.78, 5) is 31.4. The molecular weight excluding hydrogens is 300 g/mol. The maximum atomic E-state index is 12.5. The lowest BCUT2D eigenvalue weighted by Crippen LogP contribution is -2.30. The number of carbonyl (C=O) groups excluding carboxylic acids is 2. The third kappa shape index (κ3) is 2.07.